The molecule has 0 unspecified atom stereocenters. The minimum absolute atomic E-state index is 0.0200. The fraction of sp³-hybridized carbons (Fsp3) is 0.286. The molecule has 1 aromatic heterocycles. The van der Waals surface area contributed by atoms with Gasteiger partial charge in [-0.3, -0.25) is 0 Å². The Morgan fingerprint density at radius 3 is 2.67 bits per heavy atom. The standard InChI is InChI=1S/C14H16F2N4O/c1-3-7-17-13-12(21-2)14(19-8-18-13)20-10-6-4-5-9(15)11(10)16/h4-6,8H,3,7H2,1-2H3,(H2,17,18,19,20). The van der Waals surface area contributed by atoms with E-state index in [0.717, 1.165) is 12.5 Å². The molecule has 2 rings (SSSR count). The van der Waals surface area contributed by atoms with E-state index in [4.69, 9.17) is 4.74 Å². The number of nitrogens with one attached hydrogen (secondary N) is 2. The van der Waals surface area contributed by atoms with E-state index in [1.165, 1.54) is 25.6 Å². The summed E-state index contributed by atoms with van der Waals surface area (Å²) in [5.74, 6) is -0.808. The van der Waals surface area contributed by atoms with Crippen LogP contribution in [0.3, 0.4) is 0 Å². The van der Waals surface area contributed by atoms with E-state index in [2.05, 4.69) is 20.6 Å². The third kappa shape index (κ3) is 3.36. The zero-order chi connectivity index (χ0) is 15.2. The molecule has 2 aromatic rings. The van der Waals surface area contributed by atoms with Gasteiger partial charge in [-0.05, 0) is 18.6 Å². The van der Waals surface area contributed by atoms with Crippen LogP contribution in [-0.2, 0) is 0 Å². The number of halogens is 2. The molecule has 7 heteroatoms. The lowest BCUT2D eigenvalue weighted by Crippen LogP contribution is -2.07. The molecule has 0 saturated carbocycles. The van der Waals surface area contributed by atoms with Crippen molar-refractivity contribution >= 4 is 17.3 Å². The molecule has 0 aliphatic rings. The number of rotatable bonds is 6. The molecule has 0 aliphatic heterocycles. The van der Waals surface area contributed by atoms with Gasteiger partial charge >= 0.3 is 0 Å². The number of hydrogen-bond acceptors (Lipinski definition) is 5. The van der Waals surface area contributed by atoms with Crippen molar-refractivity contribution in [3.63, 3.8) is 0 Å². The summed E-state index contributed by atoms with van der Waals surface area (Å²) in [5, 5.41) is 5.80. The lowest BCUT2D eigenvalue weighted by Gasteiger charge is -2.14. The van der Waals surface area contributed by atoms with Gasteiger partial charge < -0.3 is 15.4 Å². The van der Waals surface area contributed by atoms with Gasteiger partial charge in [0.25, 0.3) is 0 Å². The number of aromatic nitrogens is 2. The highest BCUT2D eigenvalue weighted by molar-refractivity contribution is 5.69. The molecule has 1 heterocycles. The summed E-state index contributed by atoms with van der Waals surface area (Å²) in [7, 11) is 1.46. The van der Waals surface area contributed by atoms with Crippen molar-refractivity contribution < 1.29 is 13.5 Å². The molecule has 2 N–H and O–H groups in total. The van der Waals surface area contributed by atoms with Gasteiger partial charge in [0.1, 0.15) is 6.33 Å². The minimum atomic E-state index is -0.971. The Bertz CT molecular complexity index is 622. The van der Waals surface area contributed by atoms with Gasteiger partial charge in [0, 0.05) is 6.54 Å². The largest absolute Gasteiger partial charge is 0.490 e. The fourth-order valence-corrected chi connectivity index (χ4v) is 1.75. The molecule has 5 nitrogen and oxygen atoms in total. The van der Waals surface area contributed by atoms with Crippen LogP contribution in [0.5, 0.6) is 5.75 Å². The number of nitrogens with zero attached hydrogens (tertiary/aromatic N) is 2. The smallest absolute Gasteiger partial charge is 0.204 e. The Morgan fingerprint density at radius 2 is 1.95 bits per heavy atom. The van der Waals surface area contributed by atoms with E-state index in [9.17, 15) is 8.78 Å². The van der Waals surface area contributed by atoms with Crippen LogP contribution < -0.4 is 15.4 Å². The van der Waals surface area contributed by atoms with Crippen LogP contribution in [-0.4, -0.2) is 23.6 Å². The first kappa shape index (κ1) is 15.0. The number of benzene rings is 1. The van der Waals surface area contributed by atoms with E-state index in [1.54, 1.807) is 0 Å². The van der Waals surface area contributed by atoms with Crippen molar-refractivity contribution in [2.45, 2.75) is 13.3 Å². The highest BCUT2D eigenvalue weighted by Crippen LogP contribution is 2.32. The Kier molecular flexibility index (Phi) is 4.86. The lowest BCUT2D eigenvalue weighted by molar-refractivity contribution is 0.415. The van der Waals surface area contributed by atoms with Crippen LogP contribution in [0.25, 0.3) is 0 Å². The number of hydrogen-bond donors (Lipinski definition) is 2. The highest BCUT2D eigenvalue weighted by atomic mass is 19.2. The molecule has 0 bridgehead atoms. The second-order valence-corrected chi connectivity index (χ2v) is 4.26. The molecule has 0 atom stereocenters. The van der Waals surface area contributed by atoms with Crippen LogP contribution in [0.1, 0.15) is 13.3 Å². The van der Waals surface area contributed by atoms with Gasteiger partial charge in [0.05, 0.1) is 12.8 Å². The van der Waals surface area contributed by atoms with Crippen molar-refractivity contribution in [1.82, 2.24) is 9.97 Å². The van der Waals surface area contributed by atoms with Gasteiger partial charge in [-0.1, -0.05) is 13.0 Å². The zero-order valence-corrected chi connectivity index (χ0v) is 11.8. The lowest BCUT2D eigenvalue weighted by atomic mass is 10.3. The van der Waals surface area contributed by atoms with E-state index in [1.807, 2.05) is 6.92 Å². The molecular weight excluding hydrogens is 278 g/mol. The number of methoxy groups -OCH3 is 1. The quantitative estimate of drug-likeness (QED) is 0.855. The predicted octanol–water partition coefficient (Wildman–Crippen LogP) is 3.33. The monoisotopic (exact) mass is 294 g/mol. The maximum Gasteiger partial charge on any atom is 0.204 e. The average Bonchev–Trinajstić information content (AvgIpc) is 2.50. The topological polar surface area (TPSA) is 59.1 Å². The summed E-state index contributed by atoms with van der Waals surface area (Å²) in [6.45, 7) is 2.73. The number of ether oxygens (including phenoxy) is 1. The molecule has 0 aliphatic carbocycles. The van der Waals surface area contributed by atoms with E-state index < -0.39 is 11.6 Å². The molecule has 21 heavy (non-hydrogen) atoms. The third-order valence-corrected chi connectivity index (χ3v) is 2.76. The van der Waals surface area contributed by atoms with Crippen molar-refractivity contribution in [2.24, 2.45) is 0 Å². The molecule has 1 aromatic carbocycles. The van der Waals surface area contributed by atoms with Crippen LogP contribution in [0, 0.1) is 11.6 Å². The van der Waals surface area contributed by atoms with Gasteiger partial charge in [0.2, 0.25) is 5.75 Å². The van der Waals surface area contributed by atoms with Crippen LogP contribution in [0.2, 0.25) is 0 Å². The van der Waals surface area contributed by atoms with Crippen LogP contribution >= 0.6 is 0 Å². The van der Waals surface area contributed by atoms with Gasteiger partial charge in [0.15, 0.2) is 23.3 Å². The van der Waals surface area contributed by atoms with Crippen molar-refractivity contribution in [1.29, 1.82) is 0 Å². The summed E-state index contributed by atoms with van der Waals surface area (Å²) in [4.78, 5) is 8.08. The van der Waals surface area contributed by atoms with Crippen molar-refractivity contribution in [3.8, 4) is 5.75 Å². The molecule has 0 saturated heterocycles. The van der Waals surface area contributed by atoms with Crippen LogP contribution in [0.4, 0.5) is 26.1 Å². The first-order valence-corrected chi connectivity index (χ1v) is 6.51. The van der Waals surface area contributed by atoms with E-state index in [-0.39, 0.29) is 11.5 Å². The molecule has 112 valence electrons. The van der Waals surface area contributed by atoms with E-state index >= 15 is 0 Å². The predicted molar refractivity (Wildman–Crippen MR) is 77.0 cm³/mol. The summed E-state index contributed by atoms with van der Waals surface area (Å²) in [6, 6.07) is 3.87. The SMILES string of the molecule is CCCNc1ncnc(Nc2cccc(F)c2F)c1OC. The second kappa shape index (κ2) is 6.83. The summed E-state index contributed by atoms with van der Waals surface area (Å²) in [6.07, 6.45) is 2.23. The molecule has 0 radical (unpaired) electrons. The normalized spacial score (nSPS) is 10.3. The molecule has 0 fully saturated rings. The third-order valence-electron chi connectivity index (χ3n) is 2.76. The Labute approximate surface area is 121 Å². The number of anilines is 3. The van der Waals surface area contributed by atoms with Crippen molar-refractivity contribution in [2.75, 3.05) is 24.3 Å². The maximum atomic E-state index is 13.7. The van der Waals surface area contributed by atoms with Crippen molar-refractivity contribution in [3.05, 3.63) is 36.2 Å². The average molecular weight is 294 g/mol. The first-order valence-electron chi connectivity index (χ1n) is 6.51. The summed E-state index contributed by atoms with van der Waals surface area (Å²) in [5.41, 5.74) is -0.0200. The molecule has 0 spiro atoms. The Morgan fingerprint density at radius 1 is 1.19 bits per heavy atom. The summed E-state index contributed by atoms with van der Waals surface area (Å²) < 4.78 is 32.2. The molecule has 0 amide bonds. The van der Waals surface area contributed by atoms with Crippen LogP contribution in [0.15, 0.2) is 24.5 Å². The minimum Gasteiger partial charge on any atom is -0.490 e. The first-order chi connectivity index (χ1) is 10.2. The van der Waals surface area contributed by atoms with Gasteiger partial charge in [-0.15, -0.1) is 0 Å². The van der Waals surface area contributed by atoms with E-state index in [0.29, 0.717) is 18.1 Å². The van der Waals surface area contributed by atoms with Gasteiger partial charge in [-0.25, -0.2) is 18.7 Å². The Hall–Kier alpha value is -2.44. The zero-order valence-electron chi connectivity index (χ0n) is 11.8. The Balaban J connectivity index is 2.33. The second-order valence-electron chi connectivity index (χ2n) is 4.26. The maximum absolute atomic E-state index is 13.7. The fourth-order valence-electron chi connectivity index (χ4n) is 1.75. The van der Waals surface area contributed by atoms with Gasteiger partial charge in [-0.2, -0.15) is 0 Å². The summed E-state index contributed by atoms with van der Waals surface area (Å²) >= 11 is 0. The highest BCUT2D eigenvalue weighted by Gasteiger charge is 2.14. The molecular formula is C14H16F2N4O.